The van der Waals surface area contributed by atoms with E-state index in [1.165, 1.54) is 0 Å². The Morgan fingerprint density at radius 3 is 2.78 bits per heavy atom. The lowest BCUT2D eigenvalue weighted by Crippen LogP contribution is -2.40. The van der Waals surface area contributed by atoms with Crippen LogP contribution in [0.1, 0.15) is 35.7 Å². The summed E-state index contributed by atoms with van der Waals surface area (Å²) in [6, 6.07) is 8.65. The van der Waals surface area contributed by atoms with Crippen LogP contribution in [0.5, 0.6) is 0 Å². The predicted molar refractivity (Wildman–Crippen MR) is 67.1 cm³/mol. The standard InChI is InChI=1S/C14H16N2O2/c1-10(13-3-2-8-18-13)16-14(17)12-6-4-11(9-15)5-7-12/h4-7,10,13H,2-3,8H2,1H3,(H,16,17)/t10-,13+/m1/s1. The highest BCUT2D eigenvalue weighted by Gasteiger charge is 2.23. The summed E-state index contributed by atoms with van der Waals surface area (Å²) in [6.45, 7) is 2.74. The van der Waals surface area contributed by atoms with Crippen LogP contribution in [0, 0.1) is 11.3 Å². The molecular weight excluding hydrogens is 228 g/mol. The Bertz CT molecular complexity index is 456. The first-order chi connectivity index (χ1) is 8.70. The summed E-state index contributed by atoms with van der Waals surface area (Å²) in [4.78, 5) is 12.0. The van der Waals surface area contributed by atoms with Gasteiger partial charge in [-0.2, -0.15) is 5.26 Å². The molecule has 1 aliphatic heterocycles. The van der Waals surface area contributed by atoms with Crippen molar-refractivity contribution in [2.75, 3.05) is 6.61 Å². The van der Waals surface area contributed by atoms with Crippen LogP contribution in [0.25, 0.3) is 0 Å². The highest BCUT2D eigenvalue weighted by atomic mass is 16.5. The number of carbonyl (C=O) groups is 1. The number of nitrogens with zero attached hydrogens (tertiary/aromatic N) is 1. The van der Waals surface area contributed by atoms with Crippen LogP contribution in [0.4, 0.5) is 0 Å². The van der Waals surface area contributed by atoms with Gasteiger partial charge in [0.15, 0.2) is 0 Å². The number of nitriles is 1. The fourth-order valence-corrected chi connectivity index (χ4v) is 2.08. The molecule has 4 heteroatoms. The molecule has 1 saturated heterocycles. The third-order valence-electron chi connectivity index (χ3n) is 3.16. The second-order valence-electron chi connectivity index (χ2n) is 4.50. The van der Waals surface area contributed by atoms with E-state index in [2.05, 4.69) is 5.32 Å². The first-order valence-corrected chi connectivity index (χ1v) is 6.13. The topological polar surface area (TPSA) is 62.1 Å². The molecule has 0 bridgehead atoms. The van der Waals surface area contributed by atoms with Gasteiger partial charge in [0, 0.05) is 12.2 Å². The number of carbonyl (C=O) groups excluding carboxylic acids is 1. The van der Waals surface area contributed by atoms with Gasteiger partial charge < -0.3 is 10.1 Å². The molecule has 1 heterocycles. The Balaban J connectivity index is 1.96. The van der Waals surface area contributed by atoms with Gasteiger partial charge in [-0.15, -0.1) is 0 Å². The average molecular weight is 244 g/mol. The first kappa shape index (κ1) is 12.6. The van der Waals surface area contributed by atoms with Gasteiger partial charge in [0.05, 0.1) is 23.8 Å². The Labute approximate surface area is 107 Å². The number of amides is 1. The number of rotatable bonds is 3. The molecule has 2 rings (SSSR count). The Hall–Kier alpha value is -1.86. The maximum atomic E-state index is 12.0. The van der Waals surface area contributed by atoms with Crippen LogP contribution in [-0.4, -0.2) is 24.7 Å². The largest absolute Gasteiger partial charge is 0.376 e. The summed E-state index contributed by atoms with van der Waals surface area (Å²) in [5, 5.41) is 11.6. The molecule has 0 unspecified atom stereocenters. The number of hydrogen-bond acceptors (Lipinski definition) is 3. The van der Waals surface area contributed by atoms with Crippen LogP contribution in [0.15, 0.2) is 24.3 Å². The van der Waals surface area contributed by atoms with Gasteiger partial charge in [-0.3, -0.25) is 4.79 Å². The van der Waals surface area contributed by atoms with E-state index in [4.69, 9.17) is 10.00 Å². The summed E-state index contributed by atoms with van der Waals surface area (Å²) in [5.41, 5.74) is 1.12. The van der Waals surface area contributed by atoms with Gasteiger partial charge in [-0.1, -0.05) is 0 Å². The molecule has 18 heavy (non-hydrogen) atoms. The van der Waals surface area contributed by atoms with Crippen LogP contribution in [-0.2, 0) is 4.74 Å². The molecule has 0 radical (unpaired) electrons. The fourth-order valence-electron chi connectivity index (χ4n) is 2.08. The van der Waals surface area contributed by atoms with Crippen molar-refractivity contribution >= 4 is 5.91 Å². The van der Waals surface area contributed by atoms with Gasteiger partial charge in [0.25, 0.3) is 5.91 Å². The third-order valence-corrected chi connectivity index (χ3v) is 3.16. The second kappa shape index (κ2) is 5.65. The van der Waals surface area contributed by atoms with Gasteiger partial charge in [-0.05, 0) is 44.0 Å². The maximum Gasteiger partial charge on any atom is 0.251 e. The molecule has 1 aromatic carbocycles. The Morgan fingerprint density at radius 2 is 2.22 bits per heavy atom. The monoisotopic (exact) mass is 244 g/mol. The van der Waals surface area contributed by atoms with Crippen molar-refractivity contribution in [1.29, 1.82) is 5.26 Å². The Morgan fingerprint density at radius 1 is 1.50 bits per heavy atom. The summed E-state index contributed by atoms with van der Waals surface area (Å²) >= 11 is 0. The highest BCUT2D eigenvalue weighted by Crippen LogP contribution is 2.15. The normalized spacial score (nSPS) is 20.1. The van der Waals surface area contributed by atoms with Gasteiger partial charge in [0.2, 0.25) is 0 Å². The first-order valence-electron chi connectivity index (χ1n) is 6.13. The molecule has 1 N–H and O–H groups in total. The van der Waals surface area contributed by atoms with E-state index in [0.29, 0.717) is 11.1 Å². The van der Waals surface area contributed by atoms with E-state index >= 15 is 0 Å². The minimum absolute atomic E-state index is 0.00985. The summed E-state index contributed by atoms with van der Waals surface area (Å²) in [6.07, 6.45) is 2.17. The molecule has 1 fully saturated rings. The molecule has 4 nitrogen and oxygen atoms in total. The van der Waals surface area contributed by atoms with Crippen LogP contribution in [0.3, 0.4) is 0 Å². The number of nitrogens with one attached hydrogen (secondary N) is 1. The van der Waals surface area contributed by atoms with E-state index < -0.39 is 0 Å². The number of ether oxygens (including phenoxy) is 1. The average Bonchev–Trinajstić information content (AvgIpc) is 2.92. The zero-order valence-electron chi connectivity index (χ0n) is 10.3. The minimum Gasteiger partial charge on any atom is -0.376 e. The van der Waals surface area contributed by atoms with Crippen molar-refractivity contribution in [3.05, 3.63) is 35.4 Å². The van der Waals surface area contributed by atoms with Gasteiger partial charge in [0.1, 0.15) is 0 Å². The molecule has 94 valence electrons. The van der Waals surface area contributed by atoms with Crippen molar-refractivity contribution in [2.45, 2.75) is 31.9 Å². The second-order valence-corrected chi connectivity index (χ2v) is 4.50. The van der Waals surface area contributed by atoms with Crippen molar-refractivity contribution in [3.8, 4) is 6.07 Å². The number of benzene rings is 1. The lowest BCUT2D eigenvalue weighted by Gasteiger charge is -2.19. The molecule has 1 amide bonds. The van der Waals surface area contributed by atoms with Gasteiger partial charge in [-0.25, -0.2) is 0 Å². The van der Waals surface area contributed by atoms with Crippen molar-refractivity contribution < 1.29 is 9.53 Å². The molecule has 2 atom stereocenters. The smallest absolute Gasteiger partial charge is 0.251 e. The third kappa shape index (κ3) is 2.88. The molecule has 1 aromatic rings. The summed E-state index contributed by atoms with van der Waals surface area (Å²) < 4.78 is 5.53. The van der Waals surface area contributed by atoms with E-state index in [9.17, 15) is 4.79 Å². The molecular formula is C14H16N2O2. The summed E-state index contributed by atoms with van der Waals surface area (Å²) in [5.74, 6) is -0.123. The highest BCUT2D eigenvalue weighted by molar-refractivity contribution is 5.94. The van der Waals surface area contributed by atoms with E-state index in [1.54, 1.807) is 24.3 Å². The molecule has 0 aromatic heterocycles. The lowest BCUT2D eigenvalue weighted by molar-refractivity contribution is 0.0712. The Kier molecular flexibility index (Phi) is 3.96. The zero-order valence-corrected chi connectivity index (χ0v) is 10.3. The molecule has 0 spiro atoms. The number of hydrogen-bond donors (Lipinski definition) is 1. The SMILES string of the molecule is C[C@@H](NC(=O)c1ccc(C#N)cc1)[C@@H]1CCCO1. The van der Waals surface area contributed by atoms with Crippen molar-refractivity contribution in [2.24, 2.45) is 0 Å². The molecule has 1 aliphatic rings. The maximum absolute atomic E-state index is 12.0. The predicted octanol–water partition coefficient (Wildman–Crippen LogP) is 1.86. The zero-order chi connectivity index (χ0) is 13.0. The molecule has 0 aliphatic carbocycles. The lowest BCUT2D eigenvalue weighted by atomic mass is 10.1. The van der Waals surface area contributed by atoms with Crippen molar-refractivity contribution in [3.63, 3.8) is 0 Å². The van der Waals surface area contributed by atoms with E-state index in [1.807, 2.05) is 13.0 Å². The van der Waals surface area contributed by atoms with E-state index in [-0.39, 0.29) is 18.1 Å². The van der Waals surface area contributed by atoms with E-state index in [0.717, 1.165) is 19.4 Å². The fraction of sp³-hybridized carbons (Fsp3) is 0.429. The molecule has 0 saturated carbocycles. The quantitative estimate of drug-likeness (QED) is 0.882. The van der Waals surface area contributed by atoms with Crippen molar-refractivity contribution in [1.82, 2.24) is 5.32 Å². The summed E-state index contributed by atoms with van der Waals surface area (Å²) in [7, 11) is 0. The van der Waals surface area contributed by atoms with Crippen LogP contribution >= 0.6 is 0 Å². The minimum atomic E-state index is -0.123. The van der Waals surface area contributed by atoms with Crippen LogP contribution in [0.2, 0.25) is 0 Å². The van der Waals surface area contributed by atoms with Gasteiger partial charge >= 0.3 is 0 Å². The van der Waals surface area contributed by atoms with Crippen LogP contribution < -0.4 is 5.32 Å².